The maximum absolute atomic E-state index is 14.1. The average molecular weight is 312 g/mol. The van der Waals surface area contributed by atoms with E-state index in [1.807, 2.05) is 6.92 Å². The summed E-state index contributed by atoms with van der Waals surface area (Å²) in [5.74, 6) is -1.18. The van der Waals surface area contributed by atoms with Crippen molar-refractivity contribution in [1.82, 2.24) is 5.32 Å². The molecule has 0 saturated heterocycles. The van der Waals surface area contributed by atoms with Gasteiger partial charge in [0, 0.05) is 16.1 Å². The van der Waals surface area contributed by atoms with Crippen LogP contribution in [0.3, 0.4) is 0 Å². The lowest BCUT2D eigenvalue weighted by molar-refractivity contribution is 0.402. The van der Waals surface area contributed by atoms with E-state index in [1.165, 1.54) is 13.2 Å². The number of halogens is 3. The number of nitrogens with one attached hydrogen (secondary N) is 1. The molecule has 5 heteroatoms. The highest BCUT2D eigenvalue weighted by atomic mass is 35.5. The lowest BCUT2D eigenvalue weighted by Gasteiger charge is -2.22. The third-order valence-corrected chi connectivity index (χ3v) is 3.44. The van der Waals surface area contributed by atoms with E-state index in [4.69, 9.17) is 16.3 Å². The van der Waals surface area contributed by atoms with E-state index in [9.17, 15) is 8.78 Å². The maximum Gasteiger partial charge on any atom is 0.163 e. The number of methoxy groups -OCH3 is 1. The van der Waals surface area contributed by atoms with Crippen LogP contribution in [0.2, 0.25) is 5.02 Å². The lowest BCUT2D eigenvalue weighted by atomic mass is 9.97. The van der Waals surface area contributed by atoms with Crippen LogP contribution in [-0.4, -0.2) is 13.7 Å². The van der Waals surface area contributed by atoms with Crippen LogP contribution in [0.25, 0.3) is 0 Å². The fourth-order valence-corrected chi connectivity index (χ4v) is 2.45. The van der Waals surface area contributed by atoms with Gasteiger partial charge in [-0.05, 0) is 30.8 Å². The van der Waals surface area contributed by atoms with Crippen molar-refractivity contribution in [1.29, 1.82) is 0 Å². The first-order valence-corrected chi connectivity index (χ1v) is 6.97. The molecule has 0 heterocycles. The molecule has 0 amide bonds. The van der Waals surface area contributed by atoms with Crippen LogP contribution < -0.4 is 10.1 Å². The molecule has 0 aliphatic carbocycles. The molecule has 2 aromatic rings. The van der Waals surface area contributed by atoms with E-state index in [1.54, 1.807) is 24.3 Å². The van der Waals surface area contributed by atoms with Crippen molar-refractivity contribution in [3.05, 3.63) is 64.2 Å². The van der Waals surface area contributed by atoms with Crippen LogP contribution in [-0.2, 0) is 0 Å². The van der Waals surface area contributed by atoms with Gasteiger partial charge in [0.2, 0.25) is 0 Å². The number of rotatable bonds is 5. The van der Waals surface area contributed by atoms with Crippen molar-refractivity contribution in [3.63, 3.8) is 0 Å². The first kappa shape index (κ1) is 15.7. The zero-order valence-electron chi connectivity index (χ0n) is 11.8. The molecule has 1 unspecified atom stereocenters. The largest absolute Gasteiger partial charge is 0.496 e. The number of hydrogen-bond donors (Lipinski definition) is 1. The smallest absolute Gasteiger partial charge is 0.163 e. The fraction of sp³-hybridized carbons (Fsp3) is 0.250. The van der Waals surface area contributed by atoms with Gasteiger partial charge < -0.3 is 10.1 Å². The summed E-state index contributed by atoms with van der Waals surface area (Å²) in [7, 11) is 1.53. The van der Waals surface area contributed by atoms with E-state index in [0.717, 1.165) is 6.07 Å². The molecule has 2 nitrogen and oxygen atoms in total. The summed E-state index contributed by atoms with van der Waals surface area (Å²) in [5.41, 5.74) is 0.883. The molecule has 0 bridgehead atoms. The maximum atomic E-state index is 14.1. The van der Waals surface area contributed by atoms with E-state index in [-0.39, 0.29) is 5.56 Å². The topological polar surface area (TPSA) is 21.3 Å². The summed E-state index contributed by atoms with van der Waals surface area (Å²) in [6.07, 6.45) is 0. The normalized spacial score (nSPS) is 12.2. The Morgan fingerprint density at radius 3 is 2.62 bits per heavy atom. The highest BCUT2D eigenvalue weighted by Gasteiger charge is 2.22. The van der Waals surface area contributed by atoms with Crippen LogP contribution in [0.5, 0.6) is 5.75 Å². The molecule has 0 aliphatic rings. The molecule has 0 radical (unpaired) electrons. The van der Waals surface area contributed by atoms with Gasteiger partial charge in [0.05, 0.1) is 13.2 Å². The van der Waals surface area contributed by atoms with Gasteiger partial charge in [-0.25, -0.2) is 8.78 Å². The molecular formula is C16H16ClF2NO. The summed E-state index contributed by atoms with van der Waals surface area (Å²) in [5, 5.41) is 3.64. The lowest BCUT2D eigenvalue weighted by Crippen LogP contribution is -2.24. The molecule has 21 heavy (non-hydrogen) atoms. The first-order chi connectivity index (χ1) is 10.1. The van der Waals surface area contributed by atoms with Crippen molar-refractivity contribution in [2.75, 3.05) is 13.7 Å². The van der Waals surface area contributed by atoms with Gasteiger partial charge in [0.15, 0.2) is 11.6 Å². The van der Waals surface area contributed by atoms with Gasteiger partial charge in [0.1, 0.15) is 5.75 Å². The standard InChI is InChI=1S/C16H16ClF2NO/c1-3-20-16(11-5-4-6-13(18)15(11)19)12-9-10(17)7-8-14(12)21-2/h4-9,16,20H,3H2,1-2H3. The summed E-state index contributed by atoms with van der Waals surface area (Å²) >= 11 is 6.03. The Bertz CT molecular complexity index is 634. The monoisotopic (exact) mass is 311 g/mol. The summed E-state index contributed by atoms with van der Waals surface area (Å²) in [6.45, 7) is 2.47. The SMILES string of the molecule is CCNC(c1cc(Cl)ccc1OC)c1cccc(F)c1F. The zero-order valence-corrected chi connectivity index (χ0v) is 12.5. The Hall–Kier alpha value is -1.65. The van der Waals surface area contributed by atoms with Crippen molar-refractivity contribution in [3.8, 4) is 5.75 Å². The molecule has 112 valence electrons. The van der Waals surface area contributed by atoms with E-state index in [2.05, 4.69) is 5.32 Å². The summed E-state index contributed by atoms with van der Waals surface area (Å²) in [4.78, 5) is 0. The van der Waals surface area contributed by atoms with Crippen LogP contribution in [0, 0.1) is 11.6 Å². The fourth-order valence-electron chi connectivity index (χ4n) is 2.27. The Labute approximate surface area is 127 Å². The molecule has 0 aliphatic heterocycles. The van der Waals surface area contributed by atoms with Gasteiger partial charge in [-0.1, -0.05) is 30.7 Å². The molecule has 0 spiro atoms. The first-order valence-electron chi connectivity index (χ1n) is 6.59. The van der Waals surface area contributed by atoms with Crippen molar-refractivity contribution in [2.24, 2.45) is 0 Å². The zero-order chi connectivity index (χ0) is 15.4. The van der Waals surface area contributed by atoms with Crippen LogP contribution >= 0.6 is 11.6 Å². The Balaban J connectivity index is 2.58. The number of benzene rings is 2. The van der Waals surface area contributed by atoms with Gasteiger partial charge in [-0.15, -0.1) is 0 Å². The predicted octanol–water partition coefficient (Wildman–Crippen LogP) is 4.33. The van der Waals surface area contributed by atoms with Crippen LogP contribution in [0.1, 0.15) is 24.1 Å². The highest BCUT2D eigenvalue weighted by Crippen LogP contribution is 2.33. The Morgan fingerprint density at radius 2 is 1.95 bits per heavy atom. The molecule has 1 atom stereocenters. The molecule has 2 aromatic carbocycles. The van der Waals surface area contributed by atoms with Gasteiger partial charge in [-0.2, -0.15) is 0 Å². The second-order valence-electron chi connectivity index (χ2n) is 4.52. The molecule has 2 rings (SSSR count). The molecule has 1 N–H and O–H groups in total. The minimum absolute atomic E-state index is 0.220. The number of hydrogen-bond acceptors (Lipinski definition) is 2. The predicted molar refractivity (Wildman–Crippen MR) is 79.9 cm³/mol. The quantitative estimate of drug-likeness (QED) is 0.887. The third-order valence-electron chi connectivity index (χ3n) is 3.20. The second kappa shape index (κ2) is 6.87. The van der Waals surface area contributed by atoms with Crippen LogP contribution in [0.4, 0.5) is 8.78 Å². The van der Waals surface area contributed by atoms with E-state index in [0.29, 0.717) is 22.9 Å². The van der Waals surface area contributed by atoms with Crippen molar-refractivity contribution < 1.29 is 13.5 Å². The highest BCUT2D eigenvalue weighted by molar-refractivity contribution is 6.30. The van der Waals surface area contributed by atoms with E-state index >= 15 is 0 Å². The van der Waals surface area contributed by atoms with Gasteiger partial charge >= 0.3 is 0 Å². The Morgan fingerprint density at radius 1 is 1.19 bits per heavy atom. The van der Waals surface area contributed by atoms with Crippen LogP contribution in [0.15, 0.2) is 36.4 Å². The minimum Gasteiger partial charge on any atom is -0.496 e. The summed E-state index contributed by atoms with van der Waals surface area (Å²) in [6, 6.07) is 8.67. The average Bonchev–Trinajstić information content (AvgIpc) is 2.48. The molecule has 0 aromatic heterocycles. The third kappa shape index (κ3) is 3.34. The molecule has 0 fully saturated rings. The molecule has 0 saturated carbocycles. The number of ether oxygens (including phenoxy) is 1. The second-order valence-corrected chi connectivity index (χ2v) is 4.96. The van der Waals surface area contributed by atoms with Crippen molar-refractivity contribution in [2.45, 2.75) is 13.0 Å². The van der Waals surface area contributed by atoms with Crippen molar-refractivity contribution >= 4 is 11.6 Å². The molecular weight excluding hydrogens is 296 g/mol. The van der Waals surface area contributed by atoms with E-state index < -0.39 is 17.7 Å². The van der Waals surface area contributed by atoms with Gasteiger partial charge in [0.25, 0.3) is 0 Å². The summed E-state index contributed by atoms with van der Waals surface area (Å²) < 4.78 is 32.9. The van der Waals surface area contributed by atoms with Gasteiger partial charge in [-0.3, -0.25) is 0 Å². The Kier molecular flexibility index (Phi) is 5.15. The minimum atomic E-state index is -0.878.